The SMILES string of the molecule is Cc1ccc(C2NC3C=CC=C4C=CCC(N2)C43)cc1. The van der Waals surface area contributed by atoms with Crippen LogP contribution in [0.4, 0.5) is 0 Å². The number of hydrogen-bond donors (Lipinski definition) is 2. The maximum absolute atomic E-state index is 3.78. The van der Waals surface area contributed by atoms with Crippen LogP contribution in [0.5, 0.6) is 0 Å². The van der Waals surface area contributed by atoms with Crippen LogP contribution < -0.4 is 10.6 Å². The summed E-state index contributed by atoms with van der Waals surface area (Å²) in [6, 6.07) is 9.80. The molecule has 1 aliphatic heterocycles. The van der Waals surface area contributed by atoms with Gasteiger partial charge in [0.1, 0.15) is 0 Å². The van der Waals surface area contributed by atoms with E-state index in [0.717, 1.165) is 6.42 Å². The number of allylic oxidation sites excluding steroid dienone is 3. The standard InChI is InChI=1S/C18H20N2/c1-12-8-10-14(11-9-12)18-19-15-6-2-4-13-5-3-7-16(20-18)17(13)15/h2-6,8-11,15-20H,7H2,1H3. The molecule has 4 rings (SSSR count). The number of benzene rings is 1. The summed E-state index contributed by atoms with van der Waals surface area (Å²) in [7, 11) is 0. The van der Waals surface area contributed by atoms with Gasteiger partial charge in [0.2, 0.25) is 0 Å². The number of rotatable bonds is 1. The first kappa shape index (κ1) is 12.1. The van der Waals surface area contributed by atoms with Crippen molar-refractivity contribution in [2.45, 2.75) is 31.6 Å². The summed E-state index contributed by atoms with van der Waals surface area (Å²) in [4.78, 5) is 0. The molecular weight excluding hydrogens is 244 g/mol. The fourth-order valence-electron chi connectivity index (χ4n) is 3.61. The van der Waals surface area contributed by atoms with Crippen LogP contribution in [0.25, 0.3) is 0 Å². The summed E-state index contributed by atoms with van der Waals surface area (Å²) >= 11 is 0. The zero-order chi connectivity index (χ0) is 13.5. The second-order valence-corrected chi connectivity index (χ2v) is 6.02. The van der Waals surface area contributed by atoms with Crippen molar-refractivity contribution in [1.29, 1.82) is 0 Å². The Morgan fingerprint density at radius 1 is 1.10 bits per heavy atom. The van der Waals surface area contributed by atoms with Crippen LogP contribution in [0.2, 0.25) is 0 Å². The fourth-order valence-corrected chi connectivity index (χ4v) is 3.61. The molecule has 20 heavy (non-hydrogen) atoms. The summed E-state index contributed by atoms with van der Waals surface area (Å²) in [5, 5.41) is 7.53. The van der Waals surface area contributed by atoms with Crippen LogP contribution in [0.3, 0.4) is 0 Å². The number of aryl methyl sites for hydroxylation is 1. The van der Waals surface area contributed by atoms with Crippen molar-refractivity contribution in [3.63, 3.8) is 0 Å². The zero-order valence-corrected chi connectivity index (χ0v) is 11.7. The molecule has 2 N–H and O–H groups in total. The molecule has 2 heteroatoms. The predicted molar refractivity (Wildman–Crippen MR) is 82.2 cm³/mol. The lowest BCUT2D eigenvalue weighted by Crippen LogP contribution is -2.59. The summed E-state index contributed by atoms with van der Waals surface area (Å²) in [6.45, 7) is 2.13. The van der Waals surface area contributed by atoms with E-state index in [1.54, 1.807) is 0 Å². The molecule has 0 aromatic heterocycles. The van der Waals surface area contributed by atoms with E-state index >= 15 is 0 Å². The highest BCUT2D eigenvalue weighted by Gasteiger charge is 2.39. The quantitative estimate of drug-likeness (QED) is 0.815. The Hall–Kier alpha value is -1.64. The Labute approximate surface area is 120 Å². The molecule has 1 heterocycles. The minimum atomic E-state index is 0.248. The molecule has 0 saturated carbocycles. The summed E-state index contributed by atoms with van der Waals surface area (Å²) in [6.07, 6.45) is 12.7. The third-order valence-electron chi connectivity index (χ3n) is 4.66. The monoisotopic (exact) mass is 264 g/mol. The van der Waals surface area contributed by atoms with Crippen molar-refractivity contribution in [2.75, 3.05) is 0 Å². The van der Waals surface area contributed by atoms with Gasteiger partial charge in [0.05, 0.1) is 6.17 Å². The summed E-state index contributed by atoms with van der Waals surface area (Å²) < 4.78 is 0. The molecule has 0 spiro atoms. The first-order valence-electron chi connectivity index (χ1n) is 7.45. The van der Waals surface area contributed by atoms with E-state index in [1.165, 1.54) is 16.7 Å². The molecule has 3 aliphatic rings. The highest BCUT2D eigenvalue weighted by atomic mass is 15.2. The molecule has 1 saturated heterocycles. The lowest BCUT2D eigenvalue weighted by atomic mass is 9.75. The topological polar surface area (TPSA) is 24.1 Å². The van der Waals surface area contributed by atoms with Crippen molar-refractivity contribution in [3.8, 4) is 0 Å². The molecule has 4 atom stereocenters. The van der Waals surface area contributed by atoms with Gasteiger partial charge >= 0.3 is 0 Å². The Morgan fingerprint density at radius 2 is 1.95 bits per heavy atom. The van der Waals surface area contributed by atoms with Crippen molar-refractivity contribution >= 4 is 0 Å². The van der Waals surface area contributed by atoms with Gasteiger partial charge in [-0.05, 0) is 24.5 Å². The van der Waals surface area contributed by atoms with Gasteiger partial charge < -0.3 is 0 Å². The van der Waals surface area contributed by atoms with Crippen LogP contribution in [0.15, 0.2) is 60.2 Å². The van der Waals surface area contributed by atoms with Crippen LogP contribution in [0, 0.1) is 12.8 Å². The smallest absolute Gasteiger partial charge is 0.0842 e. The highest BCUT2D eigenvalue weighted by molar-refractivity contribution is 5.39. The van der Waals surface area contributed by atoms with Crippen LogP contribution in [0.1, 0.15) is 23.7 Å². The maximum Gasteiger partial charge on any atom is 0.0842 e. The number of hydrogen-bond acceptors (Lipinski definition) is 2. The Bertz CT molecular complexity index is 594. The van der Waals surface area contributed by atoms with Gasteiger partial charge in [0, 0.05) is 18.0 Å². The molecule has 2 nitrogen and oxygen atoms in total. The third kappa shape index (κ3) is 1.96. The Balaban J connectivity index is 1.64. The third-order valence-corrected chi connectivity index (χ3v) is 4.66. The van der Waals surface area contributed by atoms with E-state index in [-0.39, 0.29) is 6.17 Å². The molecule has 4 unspecified atom stereocenters. The van der Waals surface area contributed by atoms with Crippen molar-refractivity contribution in [3.05, 3.63) is 71.3 Å². The minimum Gasteiger partial charge on any atom is -0.294 e. The van der Waals surface area contributed by atoms with E-state index < -0.39 is 0 Å². The first-order chi connectivity index (χ1) is 9.81. The van der Waals surface area contributed by atoms with Crippen molar-refractivity contribution in [2.24, 2.45) is 5.92 Å². The van der Waals surface area contributed by atoms with E-state index in [4.69, 9.17) is 0 Å². The second-order valence-electron chi connectivity index (χ2n) is 6.02. The van der Waals surface area contributed by atoms with Gasteiger partial charge in [-0.2, -0.15) is 0 Å². The second kappa shape index (κ2) is 4.72. The highest BCUT2D eigenvalue weighted by Crippen LogP contribution is 2.35. The van der Waals surface area contributed by atoms with Gasteiger partial charge in [-0.1, -0.05) is 60.2 Å². The van der Waals surface area contributed by atoms with Crippen LogP contribution in [-0.4, -0.2) is 12.1 Å². The normalized spacial score (nSPS) is 34.5. The lowest BCUT2D eigenvalue weighted by molar-refractivity contribution is 0.207. The van der Waals surface area contributed by atoms with Gasteiger partial charge in [0.15, 0.2) is 0 Å². The molecule has 2 aliphatic carbocycles. The Kier molecular flexibility index (Phi) is 2.86. The number of nitrogens with one attached hydrogen (secondary N) is 2. The summed E-state index contributed by atoms with van der Waals surface area (Å²) in [5.74, 6) is 0.576. The maximum atomic E-state index is 3.78. The summed E-state index contributed by atoms with van der Waals surface area (Å²) in [5.41, 5.74) is 4.09. The van der Waals surface area contributed by atoms with E-state index in [2.05, 4.69) is 72.2 Å². The minimum absolute atomic E-state index is 0.248. The van der Waals surface area contributed by atoms with Crippen molar-refractivity contribution < 1.29 is 0 Å². The molecular formula is C18H20N2. The molecule has 1 fully saturated rings. The molecule has 0 amide bonds. The van der Waals surface area contributed by atoms with Crippen LogP contribution >= 0.6 is 0 Å². The fraction of sp³-hybridized carbons (Fsp3) is 0.333. The van der Waals surface area contributed by atoms with Crippen LogP contribution in [-0.2, 0) is 0 Å². The molecule has 1 aromatic carbocycles. The largest absolute Gasteiger partial charge is 0.294 e. The molecule has 0 bridgehead atoms. The van der Waals surface area contributed by atoms with Gasteiger partial charge in [0.25, 0.3) is 0 Å². The average molecular weight is 264 g/mol. The van der Waals surface area contributed by atoms with Crippen molar-refractivity contribution in [1.82, 2.24) is 10.6 Å². The lowest BCUT2D eigenvalue weighted by Gasteiger charge is -2.46. The van der Waals surface area contributed by atoms with Gasteiger partial charge in [-0.3, -0.25) is 10.6 Å². The predicted octanol–water partition coefficient (Wildman–Crippen LogP) is 3.00. The van der Waals surface area contributed by atoms with Gasteiger partial charge in [-0.15, -0.1) is 0 Å². The van der Waals surface area contributed by atoms with E-state index in [0.29, 0.717) is 18.0 Å². The molecule has 1 aromatic rings. The molecule has 0 radical (unpaired) electrons. The average Bonchev–Trinajstić information content (AvgIpc) is 2.48. The Morgan fingerprint density at radius 3 is 2.80 bits per heavy atom. The van der Waals surface area contributed by atoms with E-state index in [1.807, 2.05) is 0 Å². The first-order valence-corrected chi connectivity index (χ1v) is 7.45. The van der Waals surface area contributed by atoms with E-state index in [9.17, 15) is 0 Å². The zero-order valence-electron chi connectivity index (χ0n) is 11.7. The van der Waals surface area contributed by atoms with Gasteiger partial charge in [-0.25, -0.2) is 0 Å². The molecule has 102 valence electrons.